The summed E-state index contributed by atoms with van der Waals surface area (Å²) in [6, 6.07) is 22.7. The zero-order chi connectivity index (χ0) is 23.2. The maximum Gasteiger partial charge on any atom is 0.234 e. The molecule has 0 atom stereocenters. The van der Waals surface area contributed by atoms with E-state index in [0.29, 0.717) is 28.5 Å². The summed E-state index contributed by atoms with van der Waals surface area (Å²) in [6.45, 7) is 1.73. The Kier molecular flexibility index (Phi) is 6.95. The highest BCUT2D eigenvalue weighted by Gasteiger charge is 2.18. The summed E-state index contributed by atoms with van der Waals surface area (Å²) in [6.07, 6.45) is 0.262. The molecule has 4 rings (SSSR count). The van der Waals surface area contributed by atoms with E-state index in [-0.39, 0.29) is 23.9 Å². The second kappa shape index (κ2) is 10.2. The van der Waals surface area contributed by atoms with Gasteiger partial charge in [0.05, 0.1) is 11.4 Å². The van der Waals surface area contributed by atoms with E-state index in [2.05, 4.69) is 15.4 Å². The van der Waals surface area contributed by atoms with Gasteiger partial charge in [-0.15, -0.1) is 16.9 Å². The number of carbonyl (C=O) groups is 2. The Labute approximate surface area is 194 Å². The van der Waals surface area contributed by atoms with Crippen molar-refractivity contribution in [1.82, 2.24) is 14.8 Å². The van der Waals surface area contributed by atoms with Gasteiger partial charge in [-0.1, -0.05) is 37.3 Å². The molecule has 0 saturated heterocycles. The number of aromatic nitrogens is 3. The average Bonchev–Trinajstić information content (AvgIpc) is 3.29. The normalized spacial score (nSPS) is 10.7. The third-order valence-electron chi connectivity index (χ3n) is 4.77. The van der Waals surface area contributed by atoms with E-state index in [1.165, 1.54) is 28.6 Å². The van der Waals surface area contributed by atoms with E-state index in [1.807, 2.05) is 30.3 Å². The first-order valence-corrected chi connectivity index (χ1v) is 11.4. The van der Waals surface area contributed by atoms with Gasteiger partial charge in [0.2, 0.25) is 17.5 Å². The second-order valence-electron chi connectivity index (χ2n) is 7.15. The van der Waals surface area contributed by atoms with Gasteiger partial charge in [-0.05, 0) is 48.5 Å². The van der Waals surface area contributed by atoms with E-state index in [1.54, 1.807) is 43.3 Å². The fourth-order valence-corrected chi connectivity index (χ4v) is 3.85. The van der Waals surface area contributed by atoms with E-state index in [0.717, 1.165) is 4.90 Å². The number of hydrogen-bond donors (Lipinski definition) is 1. The topological polar surface area (TPSA) is 76.9 Å². The minimum atomic E-state index is -0.406. The first kappa shape index (κ1) is 22.4. The standard InChI is InChI=1S/C25H21FN4O2S/c1-2-22(31)24-28-25(17-7-6-8-18(26)15-17)30(29-24)20-13-11-19(12-14-20)27-23(32)16-33-21-9-4-3-5-10-21/h3-15H,2,16H2,1H3,(H,27,32). The number of nitrogens with zero attached hydrogens (tertiary/aromatic N) is 3. The highest BCUT2D eigenvalue weighted by molar-refractivity contribution is 8.00. The highest BCUT2D eigenvalue weighted by atomic mass is 32.2. The van der Waals surface area contributed by atoms with Gasteiger partial charge >= 0.3 is 0 Å². The molecule has 0 radical (unpaired) electrons. The summed E-state index contributed by atoms with van der Waals surface area (Å²) in [5.74, 6) is 0.00670. The van der Waals surface area contributed by atoms with E-state index < -0.39 is 5.82 Å². The third kappa shape index (κ3) is 5.53. The number of ketones is 1. The Morgan fingerprint density at radius 3 is 2.45 bits per heavy atom. The number of Topliss-reactive ketones (excluding diaryl/α,β-unsaturated/α-hetero) is 1. The van der Waals surface area contributed by atoms with Gasteiger partial charge in [0.15, 0.2) is 5.82 Å². The molecule has 0 saturated carbocycles. The molecule has 1 amide bonds. The Morgan fingerprint density at radius 2 is 1.76 bits per heavy atom. The predicted octanol–water partition coefficient (Wildman–Crippen LogP) is 5.40. The monoisotopic (exact) mass is 460 g/mol. The Bertz CT molecular complexity index is 1270. The molecule has 1 aromatic heterocycles. The van der Waals surface area contributed by atoms with Crippen LogP contribution >= 0.6 is 11.8 Å². The third-order valence-corrected chi connectivity index (χ3v) is 5.78. The molecular weight excluding hydrogens is 439 g/mol. The van der Waals surface area contributed by atoms with Crippen LogP contribution in [0.15, 0.2) is 83.8 Å². The molecule has 8 heteroatoms. The number of amides is 1. The molecule has 0 aliphatic carbocycles. The van der Waals surface area contributed by atoms with Gasteiger partial charge in [0.1, 0.15) is 5.82 Å². The van der Waals surface area contributed by atoms with Gasteiger partial charge in [-0.3, -0.25) is 9.59 Å². The number of halogens is 1. The van der Waals surface area contributed by atoms with Crippen LogP contribution in [0.3, 0.4) is 0 Å². The fraction of sp³-hybridized carbons (Fsp3) is 0.120. The molecule has 6 nitrogen and oxygen atoms in total. The number of thioether (sulfide) groups is 1. The second-order valence-corrected chi connectivity index (χ2v) is 8.20. The molecule has 0 fully saturated rings. The van der Waals surface area contributed by atoms with Gasteiger partial charge in [0, 0.05) is 22.6 Å². The Balaban J connectivity index is 1.53. The Morgan fingerprint density at radius 1 is 1.00 bits per heavy atom. The minimum Gasteiger partial charge on any atom is -0.325 e. The van der Waals surface area contributed by atoms with Crippen molar-refractivity contribution >= 4 is 29.1 Å². The maximum atomic E-state index is 13.8. The zero-order valence-electron chi connectivity index (χ0n) is 17.9. The smallest absolute Gasteiger partial charge is 0.234 e. The molecule has 0 aliphatic heterocycles. The molecule has 0 bridgehead atoms. The molecule has 0 spiro atoms. The first-order chi connectivity index (χ1) is 16.0. The van der Waals surface area contributed by atoms with Crippen molar-refractivity contribution in [3.05, 3.63) is 90.5 Å². The minimum absolute atomic E-state index is 0.0760. The van der Waals surface area contributed by atoms with Crippen molar-refractivity contribution in [2.24, 2.45) is 0 Å². The van der Waals surface area contributed by atoms with Crippen molar-refractivity contribution < 1.29 is 14.0 Å². The molecule has 0 unspecified atom stereocenters. The van der Waals surface area contributed by atoms with Crippen LogP contribution in [0, 0.1) is 5.82 Å². The lowest BCUT2D eigenvalue weighted by Crippen LogP contribution is -2.14. The lowest BCUT2D eigenvalue weighted by molar-refractivity contribution is -0.113. The number of hydrogen-bond acceptors (Lipinski definition) is 5. The van der Waals surface area contributed by atoms with E-state index in [9.17, 15) is 14.0 Å². The van der Waals surface area contributed by atoms with Crippen molar-refractivity contribution in [3.8, 4) is 17.1 Å². The van der Waals surface area contributed by atoms with Crippen molar-refractivity contribution in [1.29, 1.82) is 0 Å². The number of anilines is 1. The number of nitrogens with one attached hydrogen (secondary N) is 1. The molecule has 33 heavy (non-hydrogen) atoms. The van der Waals surface area contributed by atoms with Gasteiger partial charge in [-0.25, -0.2) is 14.1 Å². The molecule has 1 N–H and O–H groups in total. The number of benzene rings is 3. The van der Waals surface area contributed by atoms with Crippen LogP contribution in [-0.2, 0) is 4.79 Å². The molecule has 166 valence electrons. The summed E-state index contributed by atoms with van der Waals surface area (Å²) in [5.41, 5.74) is 1.77. The van der Waals surface area contributed by atoms with Crippen LogP contribution in [0.25, 0.3) is 17.1 Å². The van der Waals surface area contributed by atoms with Crippen molar-refractivity contribution in [2.75, 3.05) is 11.1 Å². The molecular formula is C25H21FN4O2S. The summed E-state index contributed by atoms with van der Waals surface area (Å²) in [4.78, 5) is 29.9. The summed E-state index contributed by atoms with van der Waals surface area (Å²) in [7, 11) is 0. The van der Waals surface area contributed by atoms with Crippen molar-refractivity contribution in [2.45, 2.75) is 18.2 Å². The first-order valence-electron chi connectivity index (χ1n) is 10.4. The lowest BCUT2D eigenvalue weighted by Gasteiger charge is -2.09. The van der Waals surface area contributed by atoms with Gasteiger partial charge in [-0.2, -0.15) is 0 Å². The quantitative estimate of drug-likeness (QED) is 0.282. The molecule has 4 aromatic rings. The fourth-order valence-electron chi connectivity index (χ4n) is 3.13. The largest absolute Gasteiger partial charge is 0.325 e. The van der Waals surface area contributed by atoms with Crippen LogP contribution in [-0.4, -0.2) is 32.2 Å². The van der Waals surface area contributed by atoms with E-state index in [4.69, 9.17) is 0 Å². The van der Waals surface area contributed by atoms with Crippen molar-refractivity contribution in [3.63, 3.8) is 0 Å². The van der Waals surface area contributed by atoms with Crippen LogP contribution < -0.4 is 5.32 Å². The lowest BCUT2D eigenvalue weighted by atomic mass is 10.2. The molecule has 3 aromatic carbocycles. The van der Waals surface area contributed by atoms with Crippen LogP contribution in [0.5, 0.6) is 0 Å². The number of rotatable bonds is 8. The van der Waals surface area contributed by atoms with E-state index >= 15 is 0 Å². The summed E-state index contributed by atoms with van der Waals surface area (Å²) < 4.78 is 15.3. The van der Waals surface area contributed by atoms with Crippen LogP contribution in [0.4, 0.5) is 10.1 Å². The average molecular weight is 461 g/mol. The predicted molar refractivity (Wildman–Crippen MR) is 127 cm³/mol. The van der Waals surface area contributed by atoms with Gasteiger partial charge < -0.3 is 5.32 Å². The zero-order valence-corrected chi connectivity index (χ0v) is 18.7. The van der Waals surface area contributed by atoms with Gasteiger partial charge in [0.25, 0.3) is 0 Å². The van der Waals surface area contributed by atoms with Crippen LogP contribution in [0.2, 0.25) is 0 Å². The maximum absolute atomic E-state index is 13.8. The number of carbonyl (C=O) groups excluding carboxylic acids is 2. The molecule has 1 heterocycles. The Hall–Kier alpha value is -3.78. The van der Waals surface area contributed by atoms with Crippen LogP contribution in [0.1, 0.15) is 24.0 Å². The SMILES string of the molecule is CCC(=O)c1nc(-c2cccc(F)c2)n(-c2ccc(NC(=O)CSc3ccccc3)cc2)n1. The summed E-state index contributed by atoms with van der Waals surface area (Å²) in [5, 5.41) is 7.22. The highest BCUT2D eigenvalue weighted by Crippen LogP contribution is 2.24. The molecule has 0 aliphatic rings. The summed E-state index contributed by atoms with van der Waals surface area (Å²) >= 11 is 1.46.